The quantitative estimate of drug-likeness (QED) is 0.530. The van der Waals surface area contributed by atoms with E-state index in [1.165, 1.54) is 0 Å². The van der Waals surface area contributed by atoms with Crippen molar-refractivity contribution in [1.82, 2.24) is 0 Å². The Morgan fingerprint density at radius 1 is 1.25 bits per heavy atom. The molecule has 2 fully saturated rings. The van der Waals surface area contributed by atoms with E-state index in [0.717, 1.165) is 24.8 Å². The van der Waals surface area contributed by atoms with Gasteiger partial charge in [-0.25, -0.2) is 0 Å². The molecule has 2 heterocycles. The van der Waals surface area contributed by atoms with Crippen molar-refractivity contribution in [3.63, 3.8) is 0 Å². The first kappa shape index (κ1) is 20.1. The standard InChI is InChI=1S/C19H36O4Si/c1-14-9-10-15(11-16-12-20-19(5,6)23-16)22-17(14)13-21-24(7,8)18(2,3)4/h15-17H,1,9-13H2,2-8H3/t15-,16?,17+/m0/s1. The maximum Gasteiger partial charge on any atom is 0.192 e. The average molecular weight is 357 g/mol. The van der Waals surface area contributed by atoms with Crippen LogP contribution in [0, 0.1) is 0 Å². The molecular formula is C19H36O4Si. The summed E-state index contributed by atoms with van der Waals surface area (Å²) < 4.78 is 24.2. The molecule has 0 bridgehead atoms. The zero-order valence-corrected chi connectivity index (χ0v) is 17.6. The fourth-order valence-corrected chi connectivity index (χ4v) is 3.91. The molecule has 4 nitrogen and oxygen atoms in total. The summed E-state index contributed by atoms with van der Waals surface area (Å²) >= 11 is 0. The van der Waals surface area contributed by atoms with Gasteiger partial charge in [0.25, 0.3) is 0 Å². The van der Waals surface area contributed by atoms with Gasteiger partial charge >= 0.3 is 0 Å². The van der Waals surface area contributed by atoms with Crippen LogP contribution in [0.3, 0.4) is 0 Å². The van der Waals surface area contributed by atoms with Gasteiger partial charge in [0.2, 0.25) is 0 Å². The van der Waals surface area contributed by atoms with E-state index in [-0.39, 0.29) is 23.4 Å². The minimum atomic E-state index is -1.76. The normalized spacial score (nSPS) is 31.5. The molecule has 0 aliphatic carbocycles. The molecule has 5 heteroatoms. The topological polar surface area (TPSA) is 36.9 Å². The van der Waals surface area contributed by atoms with Crippen LogP contribution in [0.1, 0.15) is 53.9 Å². The molecule has 140 valence electrons. The second kappa shape index (κ2) is 7.20. The molecule has 1 unspecified atom stereocenters. The van der Waals surface area contributed by atoms with Crippen molar-refractivity contribution >= 4 is 8.32 Å². The summed E-state index contributed by atoms with van der Waals surface area (Å²) in [4.78, 5) is 0. The zero-order chi connectivity index (χ0) is 18.2. The predicted molar refractivity (Wildman–Crippen MR) is 99.7 cm³/mol. The Balaban J connectivity index is 1.86. The third kappa shape index (κ3) is 5.15. The molecule has 3 atom stereocenters. The summed E-state index contributed by atoms with van der Waals surface area (Å²) in [7, 11) is -1.76. The van der Waals surface area contributed by atoms with Crippen LogP contribution >= 0.6 is 0 Å². The molecule has 2 aliphatic heterocycles. The lowest BCUT2D eigenvalue weighted by Crippen LogP contribution is -2.44. The number of rotatable bonds is 5. The largest absolute Gasteiger partial charge is 0.414 e. The van der Waals surface area contributed by atoms with Crippen LogP contribution in [-0.2, 0) is 18.6 Å². The summed E-state index contributed by atoms with van der Waals surface area (Å²) in [6.45, 7) is 20.8. The molecule has 0 aromatic heterocycles. The van der Waals surface area contributed by atoms with Crippen molar-refractivity contribution in [3.8, 4) is 0 Å². The van der Waals surface area contributed by atoms with E-state index >= 15 is 0 Å². The van der Waals surface area contributed by atoms with E-state index in [4.69, 9.17) is 18.6 Å². The number of hydrogen-bond donors (Lipinski definition) is 0. The number of hydrogen-bond acceptors (Lipinski definition) is 4. The summed E-state index contributed by atoms with van der Waals surface area (Å²) in [5.41, 5.74) is 1.16. The monoisotopic (exact) mass is 356 g/mol. The van der Waals surface area contributed by atoms with E-state index in [1.807, 2.05) is 13.8 Å². The van der Waals surface area contributed by atoms with E-state index in [9.17, 15) is 0 Å². The first-order valence-electron chi connectivity index (χ1n) is 9.18. The molecule has 0 amide bonds. The van der Waals surface area contributed by atoms with Crippen LogP contribution in [0.2, 0.25) is 18.1 Å². The average Bonchev–Trinajstić information content (AvgIpc) is 2.77. The Morgan fingerprint density at radius 3 is 2.46 bits per heavy atom. The summed E-state index contributed by atoms with van der Waals surface area (Å²) in [6.07, 6.45) is 3.23. The van der Waals surface area contributed by atoms with Gasteiger partial charge in [0.05, 0.1) is 25.4 Å². The molecule has 0 aromatic carbocycles. The highest BCUT2D eigenvalue weighted by Gasteiger charge is 2.39. The molecule has 0 spiro atoms. The van der Waals surface area contributed by atoms with Gasteiger partial charge in [0.15, 0.2) is 14.1 Å². The Hall–Kier alpha value is -0.203. The van der Waals surface area contributed by atoms with Crippen molar-refractivity contribution in [1.29, 1.82) is 0 Å². The molecule has 2 aliphatic rings. The van der Waals surface area contributed by atoms with Gasteiger partial charge < -0.3 is 18.6 Å². The van der Waals surface area contributed by atoms with Crippen molar-refractivity contribution < 1.29 is 18.6 Å². The lowest BCUT2D eigenvalue weighted by atomic mass is 9.96. The summed E-state index contributed by atoms with van der Waals surface area (Å²) in [5.74, 6) is -0.465. The van der Waals surface area contributed by atoms with Gasteiger partial charge in [-0.1, -0.05) is 27.4 Å². The maximum atomic E-state index is 6.35. The van der Waals surface area contributed by atoms with Crippen molar-refractivity contribution in [2.24, 2.45) is 0 Å². The molecule has 2 rings (SSSR count). The minimum Gasteiger partial charge on any atom is -0.414 e. The zero-order valence-electron chi connectivity index (χ0n) is 16.6. The van der Waals surface area contributed by atoms with Crippen LogP contribution in [-0.4, -0.2) is 45.6 Å². The van der Waals surface area contributed by atoms with E-state index < -0.39 is 14.1 Å². The minimum absolute atomic E-state index is 0.00760. The number of ether oxygens (including phenoxy) is 3. The SMILES string of the molecule is C=C1CC[C@@H](CC2COC(C)(C)O2)O[C@@H]1CO[Si](C)(C)C(C)(C)C. The first-order chi connectivity index (χ1) is 10.9. The van der Waals surface area contributed by atoms with Crippen LogP contribution < -0.4 is 0 Å². The highest BCUT2D eigenvalue weighted by molar-refractivity contribution is 6.74. The lowest BCUT2D eigenvalue weighted by molar-refractivity contribution is -0.145. The second-order valence-electron chi connectivity index (χ2n) is 9.20. The maximum absolute atomic E-state index is 6.35. The lowest BCUT2D eigenvalue weighted by Gasteiger charge is -2.39. The highest BCUT2D eigenvalue weighted by atomic mass is 28.4. The molecule has 2 saturated heterocycles. The first-order valence-corrected chi connectivity index (χ1v) is 12.1. The molecule has 0 radical (unpaired) electrons. The Morgan fingerprint density at radius 2 is 1.92 bits per heavy atom. The fraction of sp³-hybridized carbons (Fsp3) is 0.895. The summed E-state index contributed by atoms with van der Waals surface area (Å²) in [5, 5.41) is 0.211. The third-order valence-corrected chi connectivity index (χ3v) is 10.1. The fourth-order valence-electron chi connectivity index (χ4n) is 2.91. The third-order valence-electron chi connectivity index (χ3n) is 5.59. The van der Waals surface area contributed by atoms with E-state index in [1.54, 1.807) is 0 Å². The van der Waals surface area contributed by atoms with Crippen LogP contribution in [0.25, 0.3) is 0 Å². The van der Waals surface area contributed by atoms with Gasteiger partial charge in [-0.05, 0) is 50.4 Å². The van der Waals surface area contributed by atoms with Crippen molar-refractivity contribution in [2.75, 3.05) is 13.2 Å². The molecular weight excluding hydrogens is 320 g/mol. The molecule has 0 aromatic rings. The van der Waals surface area contributed by atoms with Gasteiger partial charge in [-0.15, -0.1) is 0 Å². The van der Waals surface area contributed by atoms with Crippen molar-refractivity contribution in [2.45, 2.75) is 96.1 Å². The molecule has 0 N–H and O–H groups in total. The van der Waals surface area contributed by atoms with E-state index in [0.29, 0.717) is 13.2 Å². The van der Waals surface area contributed by atoms with Gasteiger partial charge in [-0.2, -0.15) is 0 Å². The van der Waals surface area contributed by atoms with E-state index in [2.05, 4.69) is 40.4 Å². The van der Waals surface area contributed by atoms with Crippen LogP contribution in [0.15, 0.2) is 12.2 Å². The predicted octanol–water partition coefficient (Wildman–Crippen LogP) is 4.65. The van der Waals surface area contributed by atoms with Gasteiger partial charge in [0.1, 0.15) is 6.10 Å². The smallest absolute Gasteiger partial charge is 0.192 e. The summed E-state index contributed by atoms with van der Waals surface area (Å²) in [6, 6.07) is 0. The van der Waals surface area contributed by atoms with Crippen LogP contribution in [0.4, 0.5) is 0 Å². The molecule has 24 heavy (non-hydrogen) atoms. The second-order valence-corrected chi connectivity index (χ2v) is 14.0. The van der Waals surface area contributed by atoms with Crippen LogP contribution in [0.5, 0.6) is 0 Å². The Bertz CT molecular complexity index is 453. The molecule has 0 saturated carbocycles. The van der Waals surface area contributed by atoms with Crippen molar-refractivity contribution in [3.05, 3.63) is 12.2 Å². The van der Waals surface area contributed by atoms with Gasteiger partial charge in [0, 0.05) is 6.42 Å². The Kier molecular flexibility index (Phi) is 6.03. The van der Waals surface area contributed by atoms with Gasteiger partial charge in [-0.3, -0.25) is 0 Å². The highest BCUT2D eigenvalue weighted by Crippen LogP contribution is 2.37. The Labute approximate surface area is 149 Å².